The number of carbonyl (C=O) groups excluding carboxylic acids is 1. The summed E-state index contributed by atoms with van der Waals surface area (Å²) < 4.78 is 19.5. The largest absolute Gasteiger partial charge is 0.306 e. The Morgan fingerprint density at radius 1 is 1.39 bits per heavy atom. The molecule has 0 aliphatic carbocycles. The number of halogens is 1. The molecule has 1 aromatic heterocycles. The van der Waals surface area contributed by atoms with Crippen molar-refractivity contribution in [2.75, 3.05) is 0 Å². The zero-order chi connectivity index (χ0) is 13.1. The minimum Gasteiger partial charge on any atom is -0.306 e. The Hall–Kier alpha value is -1.01. The van der Waals surface area contributed by atoms with Gasteiger partial charge in [0, 0.05) is 16.5 Å². The van der Waals surface area contributed by atoms with E-state index in [1.807, 2.05) is 5.38 Å². The third-order valence-electron chi connectivity index (χ3n) is 2.35. The monoisotopic (exact) mass is 300 g/mol. The highest BCUT2D eigenvalue weighted by atomic mass is 35.5. The van der Waals surface area contributed by atoms with Crippen LogP contribution in [0.3, 0.4) is 0 Å². The third kappa shape index (κ3) is 3.05. The molecule has 18 heavy (non-hydrogen) atoms. The van der Waals surface area contributed by atoms with Crippen LogP contribution >= 0.6 is 22.9 Å². The Morgan fingerprint density at radius 2 is 2.17 bits per heavy atom. The molecular formula is C12H9ClO3S2. The van der Waals surface area contributed by atoms with Gasteiger partial charge < -0.3 is 4.55 Å². The number of benzene rings is 1. The van der Waals surface area contributed by atoms with E-state index in [9.17, 15) is 9.00 Å². The fourth-order valence-corrected chi connectivity index (χ4v) is 2.91. The lowest BCUT2D eigenvalue weighted by molar-refractivity contribution is 0.103. The van der Waals surface area contributed by atoms with Crippen molar-refractivity contribution in [1.82, 2.24) is 0 Å². The van der Waals surface area contributed by atoms with Crippen molar-refractivity contribution in [3.8, 4) is 0 Å². The number of ketones is 1. The second kappa shape index (κ2) is 5.75. The molecule has 1 atom stereocenters. The summed E-state index contributed by atoms with van der Waals surface area (Å²) in [5.41, 5.74) is 1.63. The molecule has 3 nitrogen and oxygen atoms in total. The van der Waals surface area contributed by atoms with E-state index in [0.29, 0.717) is 21.7 Å². The summed E-state index contributed by atoms with van der Waals surface area (Å²) in [5, 5.41) is 3.88. The van der Waals surface area contributed by atoms with E-state index in [0.717, 1.165) is 0 Å². The summed E-state index contributed by atoms with van der Waals surface area (Å²) in [6, 6.07) is 6.51. The molecule has 2 rings (SSSR count). The van der Waals surface area contributed by atoms with Crippen molar-refractivity contribution in [3.63, 3.8) is 0 Å². The second-order valence-corrected chi connectivity index (χ2v) is 5.74. The van der Waals surface area contributed by atoms with Crippen LogP contribution in [-0.2, 0) is 16.8 Å². The zero-order valence-electron chi connectivity index (χ0n) is 9.13. The predicted octanol–water partition coefficient (Wildman–Crippen LogP) is 3.35. The van der Waals surface area contributed by atoms with Crippen LogP contribution in [0.2, 0.25) is 5.02 Å². The van der Waals surface area contributed by atoms with E-state index >= 15 is 0 Å². The van der Waals surface area contributed by atoms with Crippen molar-refractivity contribution in [2.24, 2.45) is 0 Å². The van der Waals surface area contributed by atoms with Gasteiger partial charge in [-0.3, -0.25) is 4.79 Å². The van der Waals surface area contributed by atoms with Crippen LogP contribution in [0.25, 0.3) is 0 Å². The average Bonchev–Trinajstić information content (AvgIpc) is 2.80. The molecule has 0 saturated heterocycles. The van der Waals surface area contributed by atoms with Crippen molar-refractivity contribution in [2.45, 2.75) is 5.75 Å². The van der Waals surface area contributed by atoms with Gasteiger partial charge in [0.05, 0.1) is 10.8 Å². The highest BCUT2D eigenvalue weighted by Gasteiger charge is 2.13. The second-order valence-electron chi connectivity index (χ2n) is 3.62. The van der Waals surface area contributed by atoms with Crippen LogP contribution in [0.15, 0.2) is 35.0 Å². The van der Waals surface area contributed by atoms with Crippen LogP contribution in [0.1, 0.15) is 21.5 Å². The first-order valence-electron chi connectivity index (χ1n) is 5.00. The molecule has 1 heterocycles. The van der Waals surface area contributed by atoms with Crippen molar-refractivity contribution < 1.29 is 13.6 Å². The van der Waals surface area contributed by atoms with Crippen molar-refractivity contribution in [1.29, 1.82) is 0 Å². The molecule has 0 spiro atoms. The zero-order valence-corrected chi connectivity index (χ0v) is 11.5. The van der Waals surface area contributed by atoms with Gasteiger partial charge in [-0.2, -0.15) is 11.3 Å². The molecule has 0 aliphatic rings. The number of hydrogen-bond acceptors (Lipinski definition) is 3. The highest BCUT2D eigenvalue weighted by molar-refractivity contribution is 7.78. The molecule has 0 fully saturated rings. The van der Waals surface area contributed by atoms with E-state index in [4.69, 9.17) is 16.2 Å². The summed E-state index contributed by atoms with van der Waals surface area (Å²) in [4.78, 5) is 12.1. The van der Waals surface area contributed by atoms with Gasteiger partial charge >= 0.3 is 0 Å². The lowest BCUT2D eigenvalue weighted by Gasteiger charge is -2.04. The van der Waals surface area contributed by atoms with Crippen molar-refractivity contribution in [3.05, 3.63) is 56.7 Å². The molecule has 0 amide bonds. The Labute approximate surface area is 116 Å². The maximum Gasteiger partial charge on any atom is 0.195 e. The molecular weight excluding hydrogens is 292 g/mol. The third-order valence-corrected chi connectivity index (χ3v) is 3.93. The molecule has 94 valence electrons. The quantitative estimate of drug-likeness (QED) is 0.696. The Bertz CT molecular complexity index is 593. The minimum absolute atomic E-state index is 0.00659. The number of carbonyl (C=O) groups is 1. The van der Waals surface area contributed by atoms with Gasteiger partial charge in [0.2, 0.25) is 0 Å². The molecule has 0 bridgehead atoms. The van der Waals surface area contributed by atoms with Crippen LogP contribution in [0.4, 0.5) is 0 Å². The van der Waals surface area contributed by atoms with Gasteiger partial charge in [-0.15, -0.1) is 0 Å². The van der Waals surface area contributed by atoms with E-state index in [2.05, 4.69) is 0 Å². The SMILES string of the molecule is O=C(c1ccsc1)c1ccc(CS(=O)O)cc1Cl. The summed E-state index contributed by atoms with van der Waals surface area (Å²) in [5.74, 6) is -0.134. The molecule has 1 N–H and O–H groups in total. The maximum atomic E-state index is 12.1. The normalized spacial score (nSPS) is 12.3. The lowest BCUT2D eigenvalue weighted by Crippen LogP contribution is -2.02. The summed E-state index contributed by atoms with van der Waals surface area (Å²) in [7, 11) is 0. The van der Waals surface area contributed by atoms with Gasteiger partial charge in [0.25, 0.3) is 0 Å². The Morgan fingerprint density at radius 3 is 2.72 bits per heavy atom. The minimum atomic E-state index is -1.91. The molecule has 1 unspecified atom stereocenters. The summed E-state index contributed by atoms with van der Waals surface area (Å²) >= 11 is 5.56. The topological polar surface area (TPSA) is 54.4 Å². The molecule has 0 aliphatic heterocycles. The van der Waals surface area contributed by atoms with Crippen LogP contribution in [0.5, 0.6) is 0 Å². The van der Waals surface area contributed by atoms with E-state index in [1.165, 1.54) is 11.3 Å². The fraction of sp³-hybridized carbons (Fsp3) is 0.0833. The van der Waals surface area contributed by atoms with E-state index in [-0.39, 0.29) is 11.5 Å². The summed E-state index contributed by atoms with van der Waals surface area (Å²) in [6.07, 6.45) is 0. The van der Waals surface area contributed by atoms with Gasteiger partial charge in [-0.05, 0) is 29.1 Å². The first-order valence-corrected chi connectivity index (χ1v) is 7.60. The van der Waals surface area contributed by atoms with Gasteiger partial charge in [0.15, 0.2) is 16.9 Å². The van der Waals surface area contributed by atoms with E-state index < -0.39 is 11.1 Å². The standard InChI is InChI=1S/C12H9ClO3S2/c13-11-5-8(7-18(15)16)1-2-10(11)12(14)9-3-4-17-6-9/h1-6H,7H2,(H,15,16). The molecule has 0 saturated carbocycles. The van der Waals surface area contributed by atoms with Gasteiger partial charge in [-0.25, -0.2) is 4.21 Å². The lowest BCUT2D eigenvalue weighted by atomic mass is 10.0. The number of thiophene rings is 1. The first-order chi connectivity index (χ1) is 8.58. The predicted molar refractivity (Wildman–Crippen MR) is 73.7 cm³/mol. The molecule has 0 radical (unpaired) electrons. The molecule has 1 aromatic carbocycles. The van der Waals surface area contributed by atoms with Crippen LogP contribution in [0, 0.1) is 0 Å². The first kappa shape index (κ1) is 13.4. The maximum absolute atomic E-state index is 12.1. The number of rotatable bonds is 4. The van der Waals surface area contributed by atoms with Crippen molar-refractivity contribution >= 4 is 39.8 Å². The number of hydrogen-bond donors (Lipinski definition) is 1. The van der Waals surface area contributed by atoms with Gasteiger partial charge in [0.1, 0.15) is 0 Å². The average molecular weight is 301 g/mol. The smallest absolute Gasteiger partial charge is 0.195 e. The highest BCUT2D eigenvalue weighted by Crippen LogP contribution is 2.22. The van der Waals surface area contributed by atoms with Gasteiger partial charge in [-0.1, -0.05) is 17.7 Å². The molecule has 2 aromatic rings. The Kier molecular flexibility index (Phi) is 4.29. The summed E-state index contributed by atoms with van der Waals surface area (Å²) in [6.45, 7) is 0. The van der Waals surface area contributed by atoms with E-state index in [1.54, 1.807) is 29.6 Å². The Balaban J connectivity index is 2.30. The van der Waals surface area contributed by atoms with Crippen LogP contribution in [-0.4, -0.2) is 14.5 Å². The fourth-order valence-electron chi connectivity index (χ4n) is 1.52. The molecule has 6 heteroatoms. The van der Waals surface area contributed by atoms with Crippen LogP contribution < -0.4 is 0 Å².